The summed E-state index contributed by atoms with van der Waals surface area (Å²) in [5, 5.41) is 11.0. The molecule has 0 unspecified atom stereocenters. The van der Waals surface area contributed by atoms with Crippen molar-refractivity contribution in [3.8, 4) is 22.6 Å². The monoisotopic (exact) mass is 360 g/mol. The predicted molar refractivity (Wildman–Crippen MR) is 98.0 cm³/mol. The first-order valence-corrected chi connectivity index (χ1v) is 8.49. The summed E-state index contributed by atoms with van der Waals surface area (Å²) >= 11 is 6.07. The summed E-state index contributed by atoms with van der Waals surface area (Å²) in [5.41, 5.74) is 2.53. The second-order valence-electron chi connectivity index (χ2n) is 6.40. The fraction of sp³-hybridized carbons (Fsp3) is 0.316. The Morgan fingerprint density at radius 3 is 2.80 bits per heavy atom. The second-order valence-corrected chi connectivity index (χ2v) is 6.83. The molecule has 0 aromatic heterocycles. The fourth-order valence-corrected chi connectivity index (χ4v) is 3.11. The molecule has 0 fully saturated rings. The van der Waals surface area contributed by atoms with E-state index >= 15 is 0 Å². The topological polar surface area (TPSA) is 53.0 Å². The second kappa shape index (κ2) is 7.33. The molecule has 1 N–H and O–H groups in total. The van der Waals surface area contributed by atoms with Crippen LogP contribution in [-0.2, 0) is 11.3 Å². The first kappa shape index (κ1) is 17.6. The van der Waals surface area contributed by atoms with Gasteiger partial charge in [0.05, 0.1) is 13.1 Å². The molecule has 0 atom stereocenters. The Morgan fingerprint density at radius 1 is 1.28 bits per heavy atom. The molecule has 132 valence electrons. The largest absolute Gasteiger partial charge is 0.504 e. The van der Waals surface area contributed by atoms with Gasteiger partial charge < -0.3 is 19.6 Å². The van der Waals surface area contributed by atoms with Gasteiger partial charge in [0.1, 0.15) is 6.61 Å². The first-order valence-electron chi connectivity index (χ1n) is 8.11. The number of aromatic hydroxyl groups is 1. The maximum absolute atomic E-state index is 12.4. The van der Waals surface area contributed by atoms with Gasteiger partial charge in [-0.25, -0.2) is 0 Å². The highest BCUT2D eigenvalue weighted by Gasteiger charge is 2.23. The first-order chi connectivity index (χ1) is 11.9. The molecule has 0 bridgehead atoms. The molecule has 6 heteroatoms. The van der Waals surface area contributed by atoms with Gasteiger partial charge in [0.2, 0.25) is 5.91 Å². The maximum Gasteiger partial charge on any atom is 0.237 e. The van der Waals surface area contributed by atoms with E-state index < -0.39 is 0 Å². The molecule has 1 heterocycles. The van der Waals surface area contributed by atoms with E-state index in [1.54, 1.807) is 17.0 Å². The number of hydrogen-bond donors (Lipinski definition) is 1. The van der Waals surface area contributed by atoms with Crippen molar-refractivity contribution >= 4 is 17.5 Å². The highest BCUT2D eigenvalue weighted by atomic mass is 35.5. The summed E-state index contributed by atoms with van der Waals surface area (Å²) in [6.45, 7) is 1.60. The molecule has 1 aliphatic rings. The summed E-state index contributed by atoms with van der Waals surface area (Å²) < 4.78 is 5.70. The van der Waals surface area contributed by atoms with Gasteiger partial charge in [0.25, 0.3) is 0 Å². The molecule has 0 radical (unpaired) electrons. The van der Waals surface area contributed by atoms with Crippen molar-refractivity contribution in [1.82, 2.24) is 9.80 Å². The van der Waals surface area contributed by atoms with Crippen molar-refractivity contribution in [1.29, 1.82) is 0 Å². The number of carbonyl (C=O) groups excluding carboxylic acids is 1. The number of likely N-dealkylation sites (N-methyl/N-ethyl adjacent to an activating group) is 1. The number of phenols is 1. The van der Waals surface area contributed by atoms with E-state index in [-0.39, 0.29) is 11.7 Å². The number of nitrogens with zero attached hydrogens (tertiary/aromatic N) is 2. The van der Waals surface area contributed by atoms with Gasteiger partial charge in [-0.05, 0) is 49.5 Å². The molecule has 0 aliphatic carbocycles. The van der Waals surface area contributed by atoms with Gasteiger partial charge >= 0.3 is 0 Å². The number of phenolic OH excluding ortho intramolecular Hbond substituents is 1. The molecule has 2 aromatic carbocycles. The Kier molecular flexibility index (Phi) is 5.16. The van der Waals surface area contributed by atoms with Crippen LogP contribution in [0.4, 0.5) is 0 Å². The average molecular weight is 361 g/mol. The van der Waals surface area contributed by atoms with Crippen molar-refractivity contribution in [2.75, 3.05) is 33.8 Å². The summed E-state index contributed by atoms with van der Waals surface area (Å²) in [4.78, 5) is 16.0. The van der Waals surface area contributed by atoms with Crippen LogP contribution >= 0.6 is 11.6 Å². The SMILES string of the molecule is CN(C)CC(=O)N1CCOc2c(O)cc(-c3cccc(Cl)c3)cc2C1. The lowest BCUT2D eigenvalue weighted by molar-refractivity contribution is -0.132. The lowest BCUT2D eigenvalue weighted by Gasteiger charge is -2.22. The molecule has 5 nitrogen and oxygen atoms in total. The summed E-state index contributed by atoms with van der Waals surface area (Å²) in [7, 11) is 3.73. The molecule has 2 aromatic rings. The van der Waals surface area contributed by atoms with Crippen molar-refractivity contribution in [3.63, 3.8) is 0 Å². The van der Waals surface area contributed by atoms with Gasteiger partial charge in [-0.3, -0.25) is 4.79 Å². The Balaban J connectivity index is 1.95. The maximum atomic E-state index is 12.4. The van der Waals surface area contributed by atoms with E-state index in [1.165, 1.54) is 0 Å². The van der Waals surface area contributed by atoms with Crippen molar-refractivity contribution in [2.24, 2.45) is 0 Å². The van der Waals surface area contributed by atoms with Gasteiger partial charge in [-0.15, -0.1) is 0 Å². The lowest BCUT2D eigenvalue weighted by atomic mass is 10.0. The molecule has 25 heavy (non-hydrogen) atoms. The lowest BCUT2D eigenvalue weighted by Crippen LogP contribution is -2.38. The number of halogens is 1. The van der Waals surface area contributed by atoms with Gasteiger partial charge in [0.15, 0.2) is 11.5 Å². The standard InChI is InChI=1S/C19H21ClN2O3/c1-21(2)12-18(24)22-6-7-25-19-15(11-22)8-14(10-17(19)23)13-4-3-5-16(20)9-13/h3-5,8-10,23H,6-7,11-12H2,1-2H3. The molecule has 3 rings (SSSR count). The van der Waals surface area contributed by atoms with Crippen molar-refractivity contribution in [3.05, 3.63) is 47.0 Å². The van der Waals surface area contributed by atoms with Crippen LogP contribution in [-0.4, -0.2) is 54.6 Å². The van der Waals surface area contributed by atoms with E-state index in [4.69, 9.17) is 16.3 Å². The van der Waals surface area contributed by atoms with E-state index in [0.29, 0.717) is 37.0 Å². The highest BCUT2D eigenvalue weighted by molar-refractivity contribution is 6.30. The van der Waals surface area contributed by atoms with Crippen molar-refractivity contribution in [2.45, 2.75) is 6.54 Å². The molecule has 0 spiro atoms. The van der Waals surface area contributed by atoms with Gasteiger partial charge in [-0.2, -0.15) is 0 Å². The predicted octanol–water partition coefficient (Wildman–Crippen LogP) is 3.00. The number of fused-ring (bicyclic) bond motifs is 1. The van der Waals surface area contributed by atoms with Crippen LogP contribution in [0.25, 0.3) is 11.1 Å². The quantitative estimate of drug-likeness (QED) is 0.914. The molecular formula is C19H21ClN2O3. The third-order valence-electron chi connectivity index (χ3n) is 4.08. The zero-order valence-electron chi connectivity index (χ0n) is 14.3. The van der Waals surface area contributed by atoms with Crippen LogP contribution in [0.1, 0.15) is 5.56 Å². The number of ether oxygens (including phenoxy) is 1. The molecule has 0 saturated carbocycles. The molecular weight excluding hydrogens is 340 g/mol. The van der Waals surface area contributed by atoms with Crippen LogP contribution in [0, 0.1) is 0 Å². The normalized spacial score (nSPS) is 14.0. The molecule has 1 amide bonds. The fourth-order valence-electron chi connectivity index (χ4n) is 2.92. The van der Waals surface area contributed by atoms with Crippen LogP contribution in [0.5, 0.6) is 11.5 Å². The van der Waals surface area contributed by atoms with Crippen molar-refractivity contribution < 1.29 is 14.6 Å². The van der Waals surface area contributed by atoms with Crippen LogP contribution < -0.4 is 4.74 Å². The molecule has 1 aliphatic heterocycles. The van der Waals surface area contributed by atoms with E-state index in [1.807, 2.05) is 43.3 Å². The minimum atomic E-state index is 0.0362. The average Bonchev–Trinajstić information content (AvgIpc) is 2.77. The van der Waals surface area contributed by atoms with Gasteiger partial charge in [-0.1, -0.05) is 23.7 Å². The van der Waals surface area contributed by atoms with Gasteiger partial charge in [0, 0.05) is 17.1 Å². The minimum absolute atomic E-state index is 0.0362. The zero-order valence-corrected chi connectivity index (χ0v) is 15.1. The van der Waals surface area contributed by atoms with E-state index in [9.17, 15) is 9.90 Å². The zero-order chi connectivity index (χ0) is 18.0. The number of carbonyl (C=O) groups is 1. The summed E-state index contributed by atoms with van der Waals surface area (Å²) in [6.07, 6.45) is 0. The number of rotatable bonds is 3. The van der Waals surface area contributed by atoms with Crippen LogP contribution in [0.2, 0.25) is 5.02 Å². The van der Waals surface area contributed by atoms with E-state index in [0.717, 1.165) is 16.7 Å². The smallest absolute Gasteiger partial charge is 0.237 e. The number of benzene rings is 2. The van der Waals surface area contributed by atoms with Crippen LogP contribution in [0.15, 0.2) is 36.4 Å². The Hall–Kier alpha value is -2.24. The third kappa shape index (κ3) is 4.06. The van der Waals surface area contributed by atoms with Crippen LogP contribution in [0.3, 0.4) is 0 Å². The summed E-state index contributed by atoms with van der Waals surface area (Å²) in [6, 6.07) is 11.1. The summed E-state index contributed by atoms with van der Waals surface area (Å²) in [5.74, 6) is 0.564. The Bertz CT molecular complexity index is 792. The Labute approximate surface area is 152 Å². The number of amides is 1. The van der Waals surface area contributed by atoms with E-state index in [2.05, 4.69) is 0 Å². The number of hydrogen-bond acceptors (Lipinski definition) is 4. The highest BCUT2D eigenvalue weighted by Crippen LogP contribution is 2.38. The third-order valence-corrected chi connectivity index (χ3v) is 4.31. The minimum Gasteiger partial charge on any atom is -0.504 e. The molecule has 0 saturated heterocycles. The Morgan fingerprint density at radius 2 is 2.08 bits per heavy atom.